The number of phosphoric acid groups is 1. The third-order valence-electron chi connectivity index (χ3n) is 12.2. The van der Waals surface area contributed by atoms with Crippen LogP contribution >= 0.6 is 7.82 Å². The number of rotatable bonds is 54. The molecule has 0 rings (SSSR count). The molecule has 0 bridgehead atoms. The van der Waals surface area contributed by atoms with Crippen molar-refractivity contribution in [3.63, 3.8) is 0 Å². The van der Waals surface area contributed by atoms with Crippen molar-refractivity contribution in [3.05, 3.63) is 109 Å². The summed E-state index contributed by atoms with van der Waals surface area (Å²) in [6, 6.07) is 0. The highest BCUT2D eigenvalue weighted by molar-refractivity contribution is 7.47. The predicted molar refractivity (Wildman–Crippen MR) is 316 cm³/mol. The summed E-state index contributed by atoms with van der Waals surface area (Å²) in [7, 11) is -4.77. The van der Waals surface area contributed by atoms with E-state index in [2.05, 4.69) is 130 Å². The fourth-order valence-corrected chi connectivity index (χ4v) is 8.47. The second kappa shape index (κ2) is 57.3. The molecule has 11 nitrogen and oxygen atoms in total. The molecule has 0 radical (unpaired) electrons. The summed E-state index contributed by atoms with van der Waals surface area (Å²) in [5.74, 6) is -1.54. The van der Waals surface area contributed by atoms with Crippen LogP contribution < -0.4 is 0 Å². The number of aliphatic hydroxyl groups excluding tert-OH is 1. The first kappa shape index (κ1) is 72.1. The summed E-state index contributed by atoms with van der Waals surface area (Å²) in [4.78, 5) is 48.6. The van der Waals surface area contributed by atoms with E-state index in [1.807, 2.05) is 0 Å². The molecule has 0 aromatic rings. The van der Waals surface area contributed by atoms with Crippen molar-refractivity contribution in [2.75, 3.05) is 26.4 Å². The van der Waals surface area contributed by atoms with E-state index in [1.54, 1.807) is 0 Å². The van der Waals surface area contributed by atoms with Crippen LogP contribution in [0.4, 0.5) is 0 Å². The van der Waals surface area contributed by atoms with Gasteiger partial charge in [-0.2, -0.15) is 0 Å². The number of hydrogen-bond donors (Lipinski definition) is 2. The third kappa shape index (κ3) is 54.9. The Labute approximate surface area is 463 Å². The molecule has 12 heteroatoms. The first-order valence-corrected chi connectivity index (χ1v) is 31.3. The van der Waals surface area contributed by atoms with E-state index in [0.29, 0.717) is 19.3 Å². The van der Waals surface area contributed by atoms with Crippen LogP contribution in [-0.2, 0) is 42.2 Å². The van der Waals surface area contributed by atoms with Gasteiger partial charge in [0.05, 0.1) is 19.8 Å². The summed E-state index contributed by atoms with van der Waals surface area (Å²) >= 11 is 0. The van der Waals surface area contributed by atoms with Crippen LogP contribution in [0.25, 0.3) is 0 Å². The van der Waals surface area contributed by atoms with Crippen molar-refractivity contribution < 1.29 is 52.2 Å². The monoisotopic (exact) mass is 1080 g/mol. The minimum absolute atomic E-state index is 0.119. The van der Waals surface area contributed by atoms with E-state index in [9.17, 15) is 28.9 Å². The topological polar surface area (TPSA) is 155 Å². The lowest BCUT2D eigenvalue weighted by Gasteiger charge is -2.21. The lowest BCUT2D eigenvalue weighted by molar-refractivity contribution is -0.161. The Morgan fingerprint density at radius 3 is 1.08 bits per heavy atom. The number of ether oxygens (including phenoxy) is 3. The Balaban J connectivity index is 4.82. The zero-order valence-electron chi connectivity index (χ0n) is 47.9. The molecule has 0 fully saturated rings. The quantitative estimate of drug-likeness (QED) is 0.0197. The van der Waals surface area contributed by atoms with E-state index in [1.165, 1.54) is 38.5 Å². The summed E-state index contributed by atoms with van der Waals surface area (Å²) in [5.41, 5.74) is 0. The average Bonchev–Trinajstić information content (AvgIpc) is 3.41. The van der Waals surface area contributed by atoms with Gasteiger partial charge in [0.2, 0.25) is 0 Å². The fraction of sp³-hybridized carbons (Fsp3) is 0.672. The highest BCUT2D eigenvalue weighted by atomic mass is 31.2. The van der Waals surface area contributed by atoms with Gasteiger partial charge in [0.15, 0.2) is 6.10 Å². The smallest absolute Gasteiger partial charge is 0.462 e. The minimum Gasteiger partial charge on any atom is -0.462 e. The van der Waals surface area contributed by atoms with Crippen LogP contribution in [0.2, 0.25) is 0 Å². The van der Waals surface area contributed by atoms with Gasteiger partial charge in [-0.05, 0) is 122 Å². The SMILES string of the molecule is CC/C=C\C/C=C\C/C=C\C/C=C\C/C=C\CCCCCC(=O)OC(COC(=O)CCCCCCC/C=C\C/C=C\C/C=C\CC)COP(=O)(O)OCC(CO)OC(=O)CCCCCCC/C=C\CCCCCCCC. The molecule has 0 amide bonds. The number of phosphoric ester groups is 1. The summed E-state index contributed by atoms with van der Waals surface area (Å²) in [6.07, 6.45) is 69.0. The highest BCUT2D eigenvalue weighted by Gasteiger charge is 2.28. The highest BCUT2D eigenvalue weighted by Crippen LogP contribution is 2.43. The molecule has 0 spiro atoms. The molecule has 434 valence electrons. The molecule has 0 aliphatic carbocycles. The van der Waals surface area contributed by atoms with E-state index in [4.69, 9.17) is 23.3 Å². The van der Waals surface area contributed by atoms with Gasteiger partial charge in [-0.1, -0.05) is 207 Å². The van der Waals surface area contributed by atoms with Crippen LogP contribution in [0.1, 0.15) is 239 Å². The molecular formula is C64H107O11P. The van der Waals surface area contributed by atoms with Crippen molar-refractivity contribution in [3.8, 4) is 0 Å². The van der Waals surface area contributed by atoms with Crippen LogP contribution in [0.3, 0.4) is 0 Å². The van der Waals surface area contributed by atoms with E-state index in [0.717, 1.165) is 141 Å². The largest absolute Gasteiger partial charge is 0.472 e. The summed E-state index contributed by atoms with van der Waals surface area (Å²) in [5, 5.41) is 9.83. The molecule has 0 aromatic heterocycles. The van der Waals surface area contributed by atoms with Gasteiger partial charge in [0, 0.05) is 19.3 Å². The number of carbonyl (C=O) groups is 3. The Hall–Kier alpha value is -3.86. The van der Waals surface area contributed by atoms with Gasteiger partial charge in [0.1, 0.15) is 12.7 Å². The van der Waals surface area contributed by atoms with Crippen LogP contribution in [0.15, 0.2) is 109 Å². The number of unbranched alkanes of at least 4 members (excludes halogenated alkanes) is 19. The standard InChI is InChI=1S/C64H107O11P/c1-4-7-10-13-16-19-22-25-28-29-30-31-34-37-40-43-46-49-52-55-64(68)75-61(57-71-62(66)53-50-47-44-41-38-35-32-26-23-20-17-14-11-8-5-2)59-73-76(69,70)72-58-60(56-65)74-63(67)54-51-48-45-42-39-36-33-27-24-21-18-15-12-9-6-3/h7-8,10-11,16-17,19-20,25-28,30-33,37,40,60-61,65H,4-6,9,12-15,18,21-24,29,34-36,38-39,41-59H2,1-3H3,(H,69,70)/b10-7-,11-8-,19-16-,20-17-,28-25-,31-30-,32-26-,33-27-,40-37-. The molecule has 0 aliphatic rings. The molecule has 0 aromatic carbocycles. The molecule has 3 unspecified atom stereocenters. The number of carbonyl (C=O) groups excluding carboxylic acids is 3. The first-order valence-electron chi connectivity index (χ1n) is 29.8. The number of allylic oxidation sites excluding steroid dienone is 18. The maximum Gasteiger partial charge on any atom is 0.472 e. The van der Waals surface area contributed by atoms with Crippen LogP contribution in [0.5, 0.6) is 0 Å². The Kier molecular flexibility index (Phi) is 54.4. The van der Waals surface area contributed by atoms with Crippen LogP contribution in [0, 0.1) is 0 Å². The number of aliphatic hydroxyl groups is 1. The van der Waals surface area contributed by atoms with Crippen molar-refractivity contribution in [1.29, 1.82) is 0 Å². The van der Waals surface area contributed by atoms with Crippen molar-refractivity contribution in [2.24, 2.45) is 0 Å². The zero-order valence-corrected chi connectivity index (χ0v) is 48.8. The molecule has 76 heavy (non-hydrogen) atoms. The van der Waals surface area contributed by atoms with Gasteiger partial charge in [0.25, 0.3) is 0 Å². The average molecular weight is 1080 g/mol. The zero-order chi connectivity index (χ0) is 55.5. The maximum atomic E-state index is 12.9. The lowest BCUT2D eigenvalue weighted by Crippen LogP contribution is -2.30. The van der Waals surface area contributed by atoms with Gasteiger partial charge in [-0.15, -0.1) is 0 Å². The van der Waals surface area contributed by atoms with Crippen molar-refractivity contribution in [2.45, 2.75) is 251 Å². The second-order valence-electron chi connectivity index (χ2n) is 19.4. The molecule has 0 saturated carbocycles. The molecule has 0 aliphatic heterocycles. The van der Waals surface area contributed by atoms with E-state index in [-0.39, 0.29) is 25.9 Å². The number of hydrogen-bond acceptors (Lipinski definition) is 10. The van der Waals surface area contributed by atoms with Gasteiger partial charge in [-0.3, -0.25) is 23.4 Å². The van der Waals surface area contributed by atoms with E-state index >= 15 is 0 Å². The van der Waals surface area contributed by atoms with Crippen molar-refractivity contribution in [1.82, 2.24) is 0 Å². The van der Waals surface area contributed by atoms with Crippen molar-refractivity contribution >= 4 is 25.7 Å². The Morgan fingerprint density at radius 2 is 0.684 bits per heavy atom. The van der Waals surface area contributed by atoms with E-state index < -0.39 is 57.8 Å². The third-order valence-corrected chi connectivity index (χ3v) is 13.1. The molecule has 0 saturated heterocycles. The number of esters is 3. The van der Waals surface area contributed by atoms with Gasteiger partial charge in [-0.25, -0.2) is 4.57 Å². The second-order valence-corrected chi connectivity index (χ2v) is 20.8. The maximum absolute atomic E-state index is 12.9. The Morgan fingerprint density at radius 1 is 0.382 bits per heavy atom. The van der Waals surface area contributed by atoms with Gasteiger partial charge < -0.3 is 24.2 Å². The fourth-order valence-electron chi connectivity index (χ4n) is 7.69. The summed E-state index contributed by atoms with van der Waals surface area (Å²) < 4.78 is 39.5. The molecule has 3 atom stereocenters. The molecule has 0 heterocycles. The molecular weight excluding hydrogens is 976 g/mol. The lowest BCUT2D eigenvalue weighted by atomic mass is 10.1. The first-order chi connectivity index (χ1) is 37.2. The van der Waals surface area contributed by atoms with Crippen LogP contribution in [-0.4, -0.2) is 66.5 Å². The van der Waals surface area contributed by atoms with Gasteiger partial charge >= 0.3 is 25.7 Å². The summed E-state index contributed by atoms with van der Waals surface area (Å²) in [6.45, 7) is 4.35. The molecule has 2 N–H and O–H groups in total. The Bertz CT molecular complexity index is 1690. The normalized spacial score (nSPS) is 14.1. The minimum atomic E-state index is -4.77. The predicted octanol–water partition coefficient (Wildman–Crippen LogP) is 17.8.